The summed E-state index contributed by atoms with van der Waals surface area (Å²) in [6.45, 7) is 10.1. The van der Waals surface area contributed by atoms with Crippen LogP contribution in [0, 0.1) is 5.41 Å². The van der Waals surface area contributed by atoms with Gasteiger partial charge < -0.3 is 10.1 Å². The summed E-state index contributed by atoms with van der Waals surface area (Å²) < 4.78 is 0. The summed E-state index contributed by atoms with van der Waals surface area (Å²) in [6, 6.07) is 12.6. The highest BCUT2D eigenvalue weighted by atomic mass is 16.4. The predicted octanol–water partition coefficient (Wildman–Crippen LogP) is 5.18. The van der Waals surface area contributed by atoms with E-state index < -0.39 is 11.4 Å². The van der Waals surface area contributed by atoms with Gasteiger partial charge >= 0.3 is 5.97 Å². The van der Waals surface area contributed by atoms with Gasteiger partial charge in [0.05, 0.1) is 17.1 Å². The third kappa shape index (κ3) is 3.64. The van der Waals surface area contributed by atoms with Gasteiger partial charge in [-0.05, 0) is 48.6 Å². The second kappa shape index (κ2) is 6.27. The SMILES string of the molecule is CC(C)(Cc1cc2cc(-c3cccc(C(C)(C)C)c3)[nH]c2cn1)C(=O)O. The largest absolute Gasteiger partial charge is 0.481 e. The van der Waals surface area contributed by atoms with Crippen LogP contribution in [0.3, 0.4) is 0 Å². The van der Waals surface area contributed by atoms with Crippen molar-refractivity contribution in [2.45, 2.75) is 46.5 Å². The van der Waals surface area contributed by atoms with Crippen molar-refractivity contribution >= 4 is 16.9 Å². The molecule has 136 valence electrons. The van der Waals surface area contributed by atoms with Crippen molar-refractivity contribution in [3.63, 3.8) is 0 Å². The van der Waals surface area contributed by atoms with E-state index in [4.69, 9.17) is 0 Å². The van der Waals surface area contributed by atoms with E-state index in [-0.39, 0.29) is 5.41 Å². The molecule has 3 rings (SSSR count). The van der Waals surface area contributed by atoms with E-state index in [1.54, 1.807) is 20.0 Å². The lowest BCUT2D eigenvalue weighted by Crippen LogP contribution is -2.26. The lowest BCUT2D eigenvalue weighted by Gasteiger charge is -2.19. The number of carbonyl (C=O) groups is 1. The number of fused-ring (bicyclic) bond motifs is 1. The lowest BCUT2D eigenvalue weighted by atomic mass is 9.86. The number of benzene rings is 1. The van der Waals surface area contributed by atoms with E-state index in [1.165, 1.54) is 5.56 Å². The smallest absolute Gasteiger partial charge is 0.309 e. The highest BCUT2D eigenvalue weighted by molar-refractivity contribution is 5.85. The Labute approximate surface area is 154 Å². The Morgan fingerprint density at radius 2 is 1.85 bits per heavy atom. The topological polar surface area (TPSA) is 66.0 Å². The number of hydrogen-bond acceptors (Lipinski definition) is 2. The summed E-state index contributed by atoms with van der Waals surface area (Å²) >= 11 is 0. The molecule has 0 atom stereocenters. The Balaban J connectivity index is 1.97. The molecule has 0 saturated heterocycles. The van der Waals surface area contributed by atoms with E-state index >= 15 is 0 Å². The molecule has 0 aliphatic rings. The zero-order chi connectivity index (χ0) is 19.1. The fraction of sp³-hybridized carbons (Fsp3) is 0.364. The van der Waals surface area contributed by atoms with E-state index in [2.05, 4.69) is 61.1 Å². The molecule has 3 aromatic rings. The standard InChI is InChI=1S/C22H26N2O2/c1-21(2,3)16-8-6-7-14(9-16)18-11-15-10-17(23-13-19(15)24-18)12-22(4,5)20(25)26/h6-11,13,24H,12H2,1-5H3,(H,25,26). The number of pyridine rings is 1. The van der Waals surface area contributed by atoms with Gasteiger partial charge in [-0.2, -0.15) is 0 Å². The van der Waals surface area contributed by atoms with Crippen LogP contribution in [0.1, 0.15) is 45.9 Å². The van der Waals surface area contributed by atoms with Gasteiger partial charge in [0.1, 0.15) is 0 Å². The maximum atomic E-state index is 11.4. The third-order valence-electron chi connectivity index (χ3n) is 4.80. The zero-order valence-electron chi connectivity index (χ0n) is 16.1. The minimum absolute atomic E-state index is 0.0964. The molecule has 4 heteroatoms. The van der Waals surface area contributed by atoms with Crippen LogP contribution in [-0.2, 0) is 16.6 Å². The molecule has 2 N–H and O–H groups in total. The van der Waals surface area contributed by atoms with Crippen LogP contribution in [0.2, 0.25) is 0 Å². The Morgan fingerprint density at radius 3 is 2.50 bits per heavy atom. The summed E-state index contributed by atoms with van der Waals surface area (Å²) in [5, 5.41) is 10.4. The monoisotopic (exact) mass is 350 g/mol. The summed E-state index contributed by atoms with van der Waals surface area (Å²) in [5.74, 6) is -0.812. The maximum absolute atomic E-state index is 11.4. The Morgan fingerprint density at radius 1 is 1.12 bits per heavy atom. The first kappa shape index (κ1) is 18.2. The molecule has 0 aliphatic heterocycles. The van der Waals surface area contributed by atoms with Crippen LogP contribution in [-0.4, -0.2) is 21.0 Å². The second-order valence-corrected chi connectivity index (χ2v) is 8.64. The van der Waals surface area contributed by atoms with Crippen LogP contribution >= 0.6 is 0 Å². The van der Waals surface area contributed by atoms with Crippen LogP contribution < -0.4 is 0 Å². The molecule has 0 saturated carbocycles. The number of carboxylic acids is 1. The molecule has 0 spiro atoms. The van der Waals surface area contributed by atoms with Crippen molar-refractivity contribution in [2.75, 3.05) is 0 Å². The molecule has 2 heterocycles. The van der Waals surface area contributed by atoms with E-state index in [0.29, 0.717) is 6.42 Å². The quantitative estimate of drug-likeness (QED) is 0.681. The van der Waals surface area contributed by atoms with Crippen molar-refractivity contribution in [2.24, 2.45) is 5.41 Å². The van der Waals surface area contributed by atoms with Crippen molar-refractivity contribution < 1.29 is 9.90 Å². The summed E-state index contributed by atoms with van der Waals surface area (Å²) in [6.07, 6.45) is 2.19. The minimum atomic E-state index is -0.832. The van der Waals surface area contributed by atoms with Gasteiger partial charge in [0, 0.05) is 23.2 Å². The number of hydrogen-bond donors (Lipinski definition) is 2. The molecule has 26 heavy (non-hydrogen) atoms. The first-order chi connectivity index (χ1) is 12.1. The minimum Gasteiger partial charge on any atom is -0.481 e. The zero-order valence-corrected chi connectivity index (χ0v) is 16.1. The van der Waals surface area contributed by atoms with E-state index in [1.807, 2.05) is 6.07 Å². The Hall–Kier alpha value is -2.62. The fourth-order valence-corrected chi connectivity index (χ4v) is 3.01. The van der Waals surface area contributed by atoms with Gasteiger partial charge in [0.2, 0.25) is 0 Å². The van der Waals surface area contributed by atoms with Crippen molar-refractivity contribution in [1.29, 1.82) is 0 Å². The van der Waals surface area contributed by atoms with Gasteiger partial charge in [-0.15, -0.1) is 0 Å². The number of nitrogens with one attached hydrogen (secondary N) is 1. The predicted molar refractivity (Wildman–Crippen MR) is 105 cm³/mol. The summed E-state index contributed by atoms with van der Waals surface area (Å²) in [7, 11) is 0. The number of H-pyrrole nitrogens is 1. The number of aromatic amines is 1. The van der Waals surface area contributed by atoms with Gasteiger partial charge in [0.25, 0.3) is 0 Å². The molecule has 0 unspecified atom stereocenters. The Bertz CT molecular complexity index is 962. The Kier molecular flexibility index (Phi) is 4.39. The highest BCUT2D eigenvalue weighted by Gasteiger charge is 2.28. The molecule has 1 aromatic carbocycles. The fourth-order valence-electron chi connectivity index (χ4n) is 3.01. The third-order valence-corrected chi connectivity index (χ3v) is 4.80. The van der Waals surface area contributed by atoms with Gasteiger partial charge in [0.15, 0.2) is 0 Å². The average molecular weight is 350 g/mol. The molecule has 0 bridgehead atoms. The second-order valence-electron chi connectivity index (χ2n) is 8.64. The lowest BCUT2D eigenvalue weighted by molar-refractivity contribution is -0.146. The van der Waals surface area contributed by atoms with Crippen LogP contribution in [0.15, 0.2) is 42.6 Å². The number of aliphatic carboxylic acids is 1. The van der Waals surface area contributed by atoms with E-state index in [9.17, 15) is 9.90 Å². The molecule has 4 nitrogen and oxygen atoms in total. The number of carboxylic acid groups (broad SMARTS) is 1. The van der Waals surface area contributed by atoms with Gasteiger partial charge in [-0.1, -0.05) is 39.0 Å². The number of nitrogens with zero attached hydrogens (tertiary/aromatic N) is 1. The van der Waals surface area contributed by atoms with Crippen LogP contribution in [0.5, 0.6) is 0 Å². The molecule has 0 aliphatic carbocycles. The molecule has 0 fully saturated rings. The normalized spacial score (nSPS) is 12.5. The maximum Gasteiger partial charge on any atom is 0.309 e. The van der Waals surface area contributed by atoms with Crippen molar-refractivity contribution in [1.82, 2.24) is 9.97 Å². The summed E-state index contributed by atoms with van der Waals surface area (Å²) in [5.41, 5.74) is 4.48. The molecule has 0 amide bonds. The molecule has 0 radical (unpaired) electrons. The van der Waals surface area contributed by atoms with Gasteiger partial charge in [-0.25, -0.2) is 0 Å². The first-order valence-corrected chi connectivity index (χ1v) is 8.88. The van der Waals surface area contributed by atoms with Crippen LogP contribution in [0.25, 0.3) is 22.2 Å². The first-order valence-electron chi connectivity index (χ1n) is 8.88. The molecular weight excluding hydrogens is 324 g/mol. The number of rotatable bonds is 4. The van der Waals surface area contributed by atoms with E-state index in [0.717, 1.165) is 27.9 Å². The van der Waals surface area contributed by atoms with Crippen molar-refractivity contribution in [3.8, 4) is 11.3 Å². The molecular formula is C22H26N2O2. The highest BCUT2D eigenvalue weighted by Crippen LogP contribution is 2.30. The number of aromatic nitrogens is 2. The van der Waals surface area contributed by atoms with Crippen LogP contribution in [0.4, 0.5) is 0 Å². The average Bonchev–Trinajstić information content (AvgIpc) is 2.97. The molecule has 2 aromatic heterocycles. The van der Waals surface area contributed by atoms with Gasteiger partial charge in [-0.3, -0.25) is 9.78 Å². The summed E-state index contributed by atoms with van der Waals surface area (Å²) in [4.78, 5) is 19.2. The van der Waals surface area contributed by atoms with Crippen molar-refractivity contribution in [3.05, 3.63) is 53.9 Å².